The van der Waals surface area contributed by atoms with E-state index in [-0.39, 0.29) is 6.10 Å². The second-order valence-corrected chi connectivity index (χ2v) is 13.0. The Hall–Kier alpha value is -3.78. The monoisotopic (exact) mass is 663 g/mol. The van der Waals surface area contributed by atoms with E-state index in [0.717, 1.165) is 42.9 Å². The lowest BCUT2D eigenvalue weighted by Crippen LogP contribution is -2.52. The van der Waals surface area contributed by atoms with E-state index in [1.165, 1.54) is 32.0 Å². The number of hydrogen-bond donors (Lipinski definition) is 1. The first kappa shape index (κ1) is 31.8. The number of ether oxygens (including phenoxy) is 4. The molecule has 5 heterocycles. The van der Waals surface area contributed by atoms with Gasteiger partial charge in [0.2, 0.25) is 5.95 Å². The average molecular weight is 664 g/mol. The Balaban J connectivity index is 1.01. The van der Waals surface area contributed by atoms with Gasteiger partial charge in [0.05, 0.1) is 43.6 Å². The maximum Gasteiger partial charge on any atom is 0.257 e. The molecular formula is C33H42ClN9O4. The predicted molar refractivity (Wildman–Crippen MR) is 176 cm³/mol. The van der Waals surface area contributed by atoms with Crippen molar-refractivity contribution in [1.29, 1.82) is 0 Å². The number of hydrogen-bond acceptors (Lipinski definition) is 11. The molecule has 1 aliphatic carbocycles. The van der Waals surface area contributed by atoms with Gasteiger partial charge in [0, 0.05) is 43.2 Å². The summed E-state index contributed by atoms with van der Waals surface area (Å²) in [6.45, 7) is 5.15. The van der Waals surface area contributed by atoms with E-state index in [0.29, 0.717) is 66.5 Å². The van der Waals surface area contributed by atoms with Gasteiger partial charge in [-0.3, -0.25) is 9.58 Å². The molecule has 14 heteroatoms. The highest BCUT2D eigenvalue weighted by Crippen LogP contribution is 2.39. The Bertz CT molecular complexity index is 1580. The number of anilines is 2. The summed E-state index contributed by atoms with van der Waals surface area (Å²) < 4.78 is 27.0. The molecule has 4 aromatic rings. The minimum Gasteiger partial charge on any atom is -0.487 e. The van der Waals surface area contributed by atoms with Crippen LogP contribution in [0.15, 0.2) is 49.4 Å². The van der Waals surface area contributed by atoms with E-state index in [2.05, 4.69) is 34.9 Å². The molecule has 2 saturated heterocycles. The van der Waals surface area contributed by atoms with Crippen molar-refractivity contribution >= 4 is 23.2 Å². The van der Waals surface area contributed by atoms with Gasteiger partial charge in [0.1, 0.15) is 36.8 Å². The molecule has 0 amide bonds. The van der Waals surface area contributed by atoms with Crippen LogP contribution in [0.2, 0.25) is 5.02 Å². The van der Waals surface area contributed by atoms with Crippen LogP contribution >= 0.6 is 11.6 Å². The molecule has 0 radical (unpaired) electrons. The van der Waals surface area contributed by atoms with Crippen molar-refractivity contribution in [3.63, 3.8) is 0 Å². The molecule has 47 heavy (non-hydrogen) atoms. The number of benzene rings is 1. The van der Waals surface area contributed by atoms with Gasteiger partial charge >= 0.3 is 0 Å². The normalized spacial score (nSPS) is 23.5. The first-order chi connectivity index (χ1) is 23.0. The van der Waals surface area contributed by atoms with E-state index in [1.807, 2.05) is 31.3 Å². The summed E-state index contributed by atoms with van der Waals surface area (Å²) in [7, 11) is 1.66. The van der Waals surface area contributed by atoms with Crippen molar-refractivity contribution in [2.75, 3.05) is 38.9 Å². The number of methoxy groups -OCH3 is 1. The molecular weight excluding hydrogens is 622 g/mol. The summed E-state index contributed by atoms with van der Waals surface area (Å²) in [5.74, 6) is 1.54. The van der Waals surface area contributed by atoms with Crippen molar-refractivity contribution < 1.29 is 18.9 Å². The van der Waals surface area contributed by atoms with E-state index in [4.69, 9.17) is 35.6 Å². The van der Waals surface area contributed by atoms with Crippen molar-refractivity contribution in [3.05, 3.63) is 54.5 Å². The summed E-state index contributed by atoms with van der Waals surface area (Å²) in [5, 5.41) is 12.9. The lowest BCUT2D eigenvalue weighted by Gasteiger charge is -2.43. The minimum atomic E-state index is -0.164. The molecule has 3 aliphatic rings. The third-order valence-corrected chi connectivity index (χ3v) is 9.70. The number of aromatic nitrogens is 7. The van der Waals surface area contributed by atoms with Gasteiger partial charge in [-0.25, -0.2) is 19.6 Å². The lowest BCUT2D eigenvalue weighted by atomic mass is 9.89. The molecule has 2 aliphatic heterocycles. The van der Waals surface area contributed by atoms with Crippen molar-refractivity contribution in [2.24, 2.45) is 0 Å². The van der Waals surface area contributed by atoms with Gasteiger partial charge in [-0.15, -0.1) is 5.10 Å². The number of halogens is 1. The maximum absolute atomic E-state index is 6.46. The van der Waals surface area contributed by atoms with E-state index >= 15 is 0 Å². The highest BCUT2D eigenvalue weighted by molar-refractivity contribution is 6.32. The van der Waals surface area contributed by atoms with Crippen LogP contribution in [-0.4, -0.2) is 97.2 Å². The molecule has 3 atom stereocenters. The molecule has 3 fully saturated rings. The highest BCUT2D eigenvalue weighted by atomic mass is 35.5. The Morgan fingerprint density at radius 2 is 1.72 bits per heavy atom. The third kappa shape index (κ3) is 7.38. The fourth-order valence-corrected chi connectivity index (χ4v) is 7.30. The zero-order valence-corrected chi connectivity index (χ0v) is 27.6. The van der Waals surface area contributed by atoms with Crippen LogP contribution in [0.1, 0.15) is 51.5 Å². The summed E-state index contributed by atoms with van der Waals surface area (Å²) in [6.07, 6.45) is 15.6. The largest absolute Gasteiger partial charge is 0.487 e. The molecule has 2 bridgehead atoms. The standard InChI is InChI=1S/C33H42ClN9O4/c1-22(16-41-21-35-20-38-41)47-31-13-23(3-10-29(31)34)24-14-36-33(37-15-24)39-30-17-42(40-32(30)46-12-11-44-2)25-4-6-26(7-5-25)43-27-8-9-28(43)19-45-18-27/h3,10,13-15,17,20-22,25-28H,4-9,11-12,16,18-19H2,1-2H3,(H,36,37,39)/t22-,25?,26?,27-,28+/m0/s1. The molecule has 1 N–H and O–H groups in total. The predicted octanol–water partition coefficient (Wildman–Crippen LogP) is 5.17. The lowest BCUT2D eigenvalue weighted by molar-refractivity contribution is -0.0458. The summed E-state index contributed by atoms with van der Waals surface area (Å²) in [4.78, 5) is 16.0. The van der Waals surface area contributed by atoms with Crippen LogP contribution in [0.5, 0.6) is 11.6 Å². The first-order valence-electron chi connectivity index (χ1n) is 16.5. The van der Waals surface area contributed by atoms with Crippen LogP contribution in [-0.2, 0) is 16.0 Å². The molecule has 250 valence electrons. The average Bonchev–Trinajstić information content (AvgIpc) is 3.81. The second kappa shape index (κ2) is 14.5. The SMILES string of the molecule is COCCOc1nn(C2CCC(N3[C@@H]4CC[C@H]3COC4)CC2)cc1Nc1ncc(-c2ccc(Cl)c(O[C@@H](C)Cn3cncn3)c2)cn1. The van der Waals surface area contributed by atoms with Crippen molar-refractivity contribution in [3.8, 4) is 22.8 Å². The van der Waals surface area contributed by atoms with Crippen LogP contribution in [0.3, 0.4) is 0 Å². The molecule has 7 rings (SSSR count). The van der Waals surface area contributed by atoms with Gasteiger partial charge in [-0.1, -0.05) is 17.7 Å². The minimum absolute atomic E-state index is 0.164. The zero-order chi connectivity index (χ0) is 32.2. The number of nitrogens with zero attached hydrogens (tertiary/aromatic N) is 8. The topological polar surface area (TPSA) is 127 Å². The molecule has 3 aromatic heterocycles. The molecule has 0 spiro atoms. The molecule has 0 unspecified atom stereocenters. The Kier molecular flexibility index (Phi) is 9.84. The van der Waals surface area contributed by atoms with E-state index in [9.17, 15) is 0 Å². The first-order valence-corrected chi connectivity index (χ1v) is 16.9. The number of morpholine rings is 1. The van der Waals surface area contributed by atoms with Crippen LogP contribution < -0.4 is 14.8 Å². The number of rotatable bonds is 13. The van der Waals surface area contributed by atoms with Crippen LogP contribution in [0, 0.1) is 0 Å². The zero-order valence-electron chi connectivity index (χ0n) is 26.9. The fourth-order valence-electron chi connectivity index (χ4n) is 7.13. The fraction of sp³-hybridized carbons (Fsp3) is 0.545. The van der Waals surface area contributed by atoms with Gasteiger partial charge in [0.25, 0.3) is 5.88 Å². The highest BCUT2D eigenvalue weighted by Gasteiger charge is 2.42. The number of fused-ring (bicyclic) bond motifs is 2. The van der Waals surface area contributed by atoms with Gasteiger partial charge in [-0.05, 0) is 63.1 Å². The molecule has 13 nitrogen and oxygen atoms in total. The molecule has 1 aromatic carbocycles. The van der Waals surface area contributed by atoms with Gasteiger partial charge in [0.15, 0.2) is 0 Å². The Morgan fingerprint density at radius 3 is 2.45 bits per heavy atom. The Labute approximate surface area is 279 Å². The third-order valence-electron chi connectivity index (χ3n) is 9.38. The Morgan fingerprint density at radius 1 is 0.979 bits per heavy atom. The van der Waals surface area contributed by atoms with Crippen LogP contribution in [0.25, 0.3) is 11.1 Å². The van der Waals surface area contributed by atoms with Gasteiger partial charge < -0.3 is 24.3 Å². The smallest absolute Gasteiger partial charge is 0.257 e. The van der Waals surface area contributed by atoms with Crippen LogP contribution in [0.4, 0.5) is 11.6 Å². The summed E-state index contributed by atoms with van der Waals surface area (Å²) in [6, 6.07) is 7.78. The van der Waals surface area contributed by atoms with E-state index in [1.54, 1.807) is 30.5 Å². The second-order valence-electron chi connectivity index (χ2n) is 12.6. The van der Waals surface area contributed by atoms with E-state index < -0.39 is 0 Å². The summed E-state index contributed by atoms with van der Waals surface area (Å²) >= 11 is 6.46. The van der Waals surface area contributed by atoms with Crippen molar-refractivity contribution in [1.82, 2.24) is 39.4 Å². The number of nitrogens with one attached hydrogen (secondary N) is 1. The quantitative estimate of drug-likeness (QED) is 0.190. The van der Waals surface area contributed by atoms with Crippen molar-refractivity contribution in [2.45, 2.75) is 82.3 Å². The summed E-state index contributed by atoms with van der Waals surface area (Å²) in [5.41, 5.74) is 2.45. The maximum atomic E-state index is 6.46. The van der Waals surface area contributed by atoms with Gasteiger partial charge in [-0.2, -0.15) is 5.10 Å². The molecule has 1 saturated carbocycles.